The van der Waals surface area contributed by atoms with Crippen molar-refractivity contribution in [1.29, 1.82) is 0 Å². The Labute approximate surface area is 78.2 Å². The van der Waals surface area contributed by atoms with Gasteiger partial charge in [0.05, 0.1) is 6.21 Å². The number of rotatable bonds is 3. The van der Waals surface area contributed by atoms with Gasteiger partial charge in [-0.2, -0.15) is 0 Å². The molecule has 0 atom stereocenters. The first kappa shape index (κ1) is 9.34. The SMILES string of the molecule is C#CCO/N=C/c1cccc(C)c1. The lowest BCUT2D eigenvalue weighted by atomic mass is 10.2. The molecule has 0 aliphatic rings. The average molecular weight is 173 g/mol. The first-order valence-corrected chi connectivity index (χ1v) is 3.98. The van der Waals surface area contributed by atoms with Crippen LogP contribution in [-0.4, -0.2) is 12.8 Å². The fraction of sp³-hybridized carbons (Fsp3) is 0.182. The van der Waals surface area contributed by atoms with E-state index in [-0.39, 0.29) is 6.61 Å². The Morgan fingerprint density at radius 1 is 1.62 bits per heavy atom. The van der Waals surface area contributed by atoms with E-state index in [1.807, 2.05) is 31.2 Å². The lowest BCUT2D eigenvalue weighted by molar-refractivity contribution is 0.181. The largest absolute Gasteiger partial charge is 0.383 e. The number of hydrogen-bond acceptors (Lipinski definition) is 2. The molecule has 0 fully saturated rings. The molecule has 0 aromatic heterocycles. The predicted molar refractivity (Wildman–Crippen MR) is 53.6 cm³/mol. The maximum atomic E-state index is 4.98. The van der Waals surface area contributed by atoms with Crippen LogP contribution in [0.3, 0.4) is 0 Å². The Hall–Kier alpha value is -1.75. The zero-order valence-electron chi connectivity index (χ0n) is 7.53. The van der Waals surface area contributed by atoms with E-state index >= 15 is 0 Å². The Balaban J connectivity index is 2.54. The summed E-state index contributed by atoms with van der Waals surface area (Å²) in [7, 11) is 0. The second-order valence-electron chi connectivity index (χ2n) is 2.63. The molecule has 0 aliphatic carbocycles. The van der Waals surface area contributed by atoms with Gasteiger partial charge in [-0.3, -0.25) is 0 Å². The highest BCUT2D eigenvalue weighted by atomic mass is 16.6. The van der Waals surface area contributed by atoms with Crippen LogP contribution in [0.2, 0.25) is 0 Å². The van der Waals surface area contributed by atoms with E-state index in [4.69, 9.17) is 11.3 Å². The minimum Gasteiger partial charge on any atom is -0.383 e. The van der Waals surface area contributed by atoms with E-state index in [9.17, 15) is 0 Å². The molecule has 13 heavy (non-hydrogen) atoms. The van der Waals surface area contributed by atoms with Gasteiger partial charge in [-0.25, -0.2) is 0 Å². The minimum absolute atomic E-state index is 0.211. The molecule has 0 unspecified atom stereocenters. The van der Waals surface area contributed by atoms with Gasteiger partial charge in [0, 0.05) is 0 Å². The number of oxime groups is 1. The van der Waals surface area contributed by atoms with Crippen molar-refractivity contribution in [2.24, 2.45) is 5.16 Å². The maximum Gasteiger partial charge on any atom is 0.177 e. The Morgan fingerprint density at radius 2 is 2.46 bits per heavy atom. The van der Waals surface area contributed by atoms with Crippen molar-refractivity contribution in [3.05, 3.63) is 35.4 Å². The Morgan fingerprint density at radius 3 is 3.15 bits per heavy atom. The molecule has 2 heteroatoms. The molecular formula is C11H11NO. The van der Waals surface area contributed by atoms with Crippen LogP contribution < -0.4 is 0 Å². The lowest BCUT2D eigenvalue weighted by Crippen LogP contribution is -1.85. The molecular weight excluding hydrogens is 162 g/mol. The van der Waals surface area contributed by atoms with Gasteiger partial charge < -0.3 is 4.84 Å². The van der Waals surface area contributed by atoms with Crippen LogP contribution in [0.4, 0.5) is 0 Å². The Kier molecular flexibility index (Phi) is 3.59. The topological polar surface area (TPSA) is 21.6 Å². The monoisotopic (exact) mass is 173 g/mol. The number of aryl methyl sites for hydroxylation is 1. The van der Waals surface area contributed by atoms with Crippen LogP contribution in [0.15, 0.2) is 29.4 Å². The van der Waals surface area contributed by atoms with Gasteiger partial charge in [0.2, 0.25) is 0 Å². The van der Waals surface area contributed by atoms with E-state index in [1.54, 1.807) is 6.21 Å². The molecule has 0 saturated heterocycles. The fourth-order valence-electron chi connectivity index (χ4n) is 0.923. The highest BCUT2D eigenvalue weighted by Crippen LogP contribution is 2.00. The summed E-state index contributed by atoms with van der Waals surface area (Å²) in [5.74, 6) is 2.33. The van der Waals surface area contributed by atoms with Crippen molar-refractivity contribution in [3.8, 4) is 12.3 Å². The van der Waals surface area contributed by atoms with Crippen molar-refractivity contribution >= 4 is 6.21 Å². The summed E-state index contributed by atoms with van der Waals surface area (Å²) in [4.78, 5) is 4.76. The molecule has 1 aromatic carbocycles. The van der Waals surface area contributed by atoms with Crippen LogP contribution in [0.25, 0.3) is 0 Å². The van der Waals surface area contributed by atoms with E-state index in [0.29, 0.717) is 0 Å². The van der Waals surface area contributed by atoms with Gasteiger partial charge in [0.1, 0.15) is 0 Å². The molecule has 0 N–H and O–H groups in total. The van der Waals surface area contributed by atoms with Crippen molar-refractivity contribution in [2.45, 2.75) is 6.92 Å². The number of terminal acetylenes is 1. The summed E-state index contributed by atoms with van der Waals surface area (Å²) in [5.41, 5.74) is 2.21. The molecule has 0 spiro atoms. The van der Waals surface area contributed by atoms with Crippen LogP contribution in [0.5, 0.6) is 0 Å². The third-order valence-electron chi connectivity index (χ3n) is 1.47. The molecule has 1 aromatic rings. The van der Waals surface area contributed by atoms with Gasteiger partial charge in [-0.15, -0.1) is 6.42 Å². The van der Waals surface area contributed by atoms with Crippen molar-refractivity contribution in [2.75, 3.05) is 6.61 Å². The quantitative estimate of drug-likeness (QED) is 0.296. The summed E-state index contributed by atoms with van der Waals surface area (Å²) in [5, 5.41) is 3.70. The van der Waals surface area contributed by atoms with Gasteiger partial charge in [-0.1, -0.05) is 40.9 Å². The average Bonchev–Trinajstić information content (AvgIpc) is 2.13. The highest BCUT2D eigenvalue weighted by Gasteiger charge is 1.87. The van der Waals surface area contributed by atoms with E-state index in [2.05, 4.69) is 11.1 Å². The molecule has 0 bridgehead atoms. The molecule has 66 valence electrons. The van der Waals surface area contributed by atoms with Crippen LogP contribution in [0, 0.1) is 19.3 Å². The molecule has 0 saturated carbocycles. The molecule has 2 nitrogen and oxygen atoms in total. The zero-order valence-corrected chi connectivity index (χ0v) is 7.53. The molecule has 0 amide bonds. The summed E-state index contributed by atoms with van der Waals surface area (Å²) in [6.07, 6.45) is 6.63. The lowest BCUT2D eigenvalue weighted by Gasteiger charge is -1.94. The predicted octanol–water partition coefficient (Wildman–Crippen LogP) is 1.98. The second-order valence-corrected chi connectivity index (χ2v) is 2.63. The normalized spacial score (nSPS) is 9.85. The third-order valence-corrected chi connectivity index (χ3v) is 1.47. The van der Waals surface area contributed by atoms with Crippen LogP contribution >= 0.6 is 0 Å². The van der Waals surface area contributed by atoms with E-state index in [0.717, 1.165) is 5.56 Å². The summed E-state index contributed by atoms with van der Waals surface area (Å²) in [6.45, 7) is 2.24. The van der Waals surface area contributed by atoms with Gasteiger partial charge in [-0.05, 0) is 12.5 Å². The van der Waals surface area contributed by atoms with Crippen molar-refractivity contribution in [3.63, 3.8) is 0 Å². The molecule has 0 heterocycles. The Bertz CT molecular complexity index is 336. The van der Waals surface area contributed by atoms with Crippen LogP contribution in [-0.2, 0) is 4.84 Å². The van der Waals surface area contributed by atoms with Crippen molar-refractivity contribution < 1.29 is 4.84 Å². The number of benzene rings is 1. The van der Waals surface area contributed by atoms with Crippen molar-refractivity contribution in [1.82, 2.24) is 0 Å². The number of hydrogen-bond donors (Lipinski definition) is 0. The fourth-order valence-corrected chi connectivity index (χ4v) is 0.923. The third kappa shape index (κ3) is 3.44. The summed E-state index contributed by atoms with van der Waals surface area (Å²) in [6, 6.07) is 7.97. The highest BCUT2D eigenvalue weighted by molar-refractivity contribution is 5.79. The molecule has 0 radical (unpaired) electrons. The second kappa shape index (κ2) is 5.00. The summed E-state index contributed by atoms with van der Waals surface area (Å²) >= 11 is 0. The van der Waals surface area contributed by atoms with E-state index in [1.165, 1.54) is 5.56 Å². The van der Waals surface area contributed by atoms with Gasteiger partial charge in [0.25, 0.3) is 0 Å². The van der Waals surface area contributed by atoms with Gasteiger partial charge >= 0.3 is 0 Å². The minimum atomic E-state index is 0.211. The van der Waals surface area contributed by atoms with Gasteiger partial charge in [0.15, 0.2) is 6.61 Å². The first-order chi connectivity index (χ1) is 6.33. The first-order valence-electron chi connectivity index (χ1n) is 3.98. The number of nitrogens with zero attached hydrogens (tertiary/aromatic N) is 1. The van der Waals surface area contributed by atoms with Crippen LogP contribution in [0.1, 0.15) is 11.1 Å². The maximum absolute atomic E-state index is 4.98. The summed E-state index contributed by atoms with van der Waals surface area (Å²) < 4.78 is 0. The zero-order chi connectivity index (χ0) is 9.52. The molecule has 1 rings (SSSR count). The standard InChI is InChI=1S/C11H11NO/c1-3-7-13-12-9-11-6-4-5-10(2)8-11/h1,4-6,8-9H,7H2,2H3/b12-9+. The smallest absolute Gasteiger partial charge is 0.177 e. The van der Waals surface area contributed by atoms with E-state index < -0.39 is 0 Å². The molecule has 0 aliphatic heterocycles.